The molecule has 0 aliphatic heterocycles. The van der Waals surface area contributed by atoms with Gasteiger partial charge < -0.3 is 15.9 Å². The van der Waals surface area contributed by atoms with Gasteiger partial charge in [-0.2, -0.15) is 0 Å². The number of hydrogen-bond acceptors (Lipinski definition) is 3. The number of carboxylic acid groups (broad SMARTS) is 1. The van der Waals surface area contributed by atoms with Gasteiger partial charge in [0.15, 0.2) is 0 Å². The number of aliphatic hydroxyl groups is 1. The topological polar surface area (TPSA) is 83.5 Å². The molecule has 0 amide bonds. The zero-order valence-electron chi connectivity index (χ0n) is 15.8. The molecule has 0 bridgehead atoms. The number of unbranched alkanes of at least 4 members (excludes halogenated alkanes) is 14. The van der Waals surface area contributed by atoms with Crippen molar-refractivity contribution in [3.63, 3.8) is 0 Å². The predicted molar refractivity (Wildman–Crippen MR) is 108 cm³/mol. The van der Waals surface area contributed by atoms with E-state index in [1.165, 1.54) is 83.5 Å². The summed E-state index contributed by atoms with van der Waals surface area (Å²) in [5.74, 6) is -1.12. The predicted octanol–water partition coefficient (Wildman–Crippen LogP) is 4.37. The van der Waals surface area contributed by atoms with Gasteiger partial charge in [0.2, 0.25) is 0 Å². The van der Waals surface area contributed by atoms with Crippen molar-refractivity contribution in [2.45, 2.75) is 122 Å². The van der Waals surface area contributed by atoms with Gasteiger partial charge in [0.1, 0.15) is 6.04 Å². The molecule has 0 saturated heterocycles. The fourth-order valence-electron chi connectivity index (χ4n) is 3.07. The summed E-state index contributed by atoms with van der Waals surface area (Å²) in [6.07, 6.45) is 19.1. The Hall–Kier alpha value is 0.390. The van der Waals surface area contributed by atoms with E-state index in [4.69, 9.17) is 10.8 Å². The summed E-state index contributed by atoms with van der Waals surface area (Å²) in [5.41, 5.74) is 5.37. The first kappa shape index (κ1) is 27.6. The van der Waals surface area contributed by atoms with Crippen LogP contribution in [-0.2, 0) is 4.79 Å². The standard InChI is InChI=1S/C20H41NO3.Na.H/c1-2-3-4-5-6-7-8-9-10-11-12-13-14-15-16-17-18(22)19(21)20(23)24;;/h18-19,22H,2-17,21H2,1H3,(H,23,24);;/t18-,19+;;/m1../s1. The molecule has 4 nitrogen and oxygen atoms in total. The summed E-state index contributed by atoms with van der Waals surface area (Å²) in [6.45, 7) is 2.26. The van der Waals surface area contributed by atoms with E-state index >= 15 is 0 Å². The third-order valence-electron chi connectivity index (χ3n) is 4.80. The Balaban J connectivity index is 0. The van der Waals surface area contributed by atoms with Crippen LogP contribution in [0, 0.1) is 0 Å². The Morgan fingerprint density at radius 2 is 1.08 bits per heavy atom. The Morgan fingerprint density at radius 3 is 1.40 bits per heavy atom. The van der Waals surface area contributed by atoms with Crippen molar-refractivity contribution in [1.29, 1.82) is 0 Å². The van der Waals surface area contributed by atoms with E-state index in [1.807, 2.05) is 0 Å². The molecule has 25 heavy (non-hydrogen) atoms. The third-order valence-corrected chi connectivity index (χ3v) is 4.80. The van der Waals surface area contributed by atoms with Gasteiger partial charge in [-0.05, 0) is 6.42 Å². The molecule has 0 aromatic rings. The first-order valence-corrected chi connectivity index (χ1v) is 10.3. The molecule has 0 aliphatic carbocycles. The summed E-state index contributed by atoms with van der Waals surface area (Å²) in [6, 6.07) is -1.14. The molecule has 0 spiro atoms. The minimum atomic E-state index is -1.14. The van der Waals surface area contributed by atoms with Crippen molar-refractivity contribution in [3.05, 3.63) is 0 Å². The van der Waals surface area contributed by atoms with Crippen LogP contribution < -0.4 is 5.73 Å². The van der Waals surface area contributed by atoms with E-state index in [9.17, 15) is 9.90 Å². The van der Waals surface area contributed by atoms with Crippen LogP contribution in [0.3, 0.4) is 0 Å². The third kappa shape index (κ3) is 19.0. The van der Waals surface area contributed by atoms with Crippen LogP contribution in [-0.4, -0.2) is 57.9 Å². The average molecular weight is 368 g/mol. The fraction of sp³-hybridized carbons (Fsp3) is 0.950. The maximum absolute atomic E-state index is 10.6. The van der Waals surface area contributed by atoms with Crippen molar-refractivity contribution in [2.24, 2.45) is 5.73 Å². The molecule has 0 fully saturated rings. The monoisotopic (exact) mass is 367 g/mol. The maximum atomic E-state index is 10.6. The molecule has 0 aromatic carbocycles. The molecule has 4 N–H and O–H groups in total. The molecule has 0 heterocycles. The van der Waals surface area contributed by atoms with Crippen molar-refractivity contribution >= 4 is 35.5 Å². The number of carboxylic acids is 1. The van der Waals surface area contributed by atoms with Gasteiger partial charge in [0.25, 0.3) is 0 Å². The van der Waals surface area contributed by atoms with Crippen molar-refractivity contribution in [2.75, 3.05) is 0 Å². The van der Waals surface area contributed by atoms with E-state index in [-0.39, 0.29) is 29.6 Å². The first-order chi connectivity index (χ1) is 11.6. The second kappa shape index (κ2) is 20.7. The number of rotatable bonds is 18. The van der Waals surface area contributed by atoms with Crippen molar-refractivity contribution < 1.29 is 15.0 Å². The zero-order valence-corrected chi connectivity index (χ0v) is 15.8. The second-order valence-corrected chi connectivity index (χ2v) is 7.17. The van der Waals surface area contributed by atoms with Gasteiger partial charge in [-0.1, -0.05) is 103 Å². The van der Waals surface area contributed by atoms with Crippen LogP contribution in [0.15, 0.2) is 0 Å². The van der Waals surface area contributed by atoms with Gasteiger partial charge in [0, 0.05) is 0 Å². The molecule has 0 aromatic heterocycles. The van der Waals surface area contributed by atoms with Crippen LogP contribution in [0.4, 0.5) is 0 Å². The molecule has 146 valence electrons. The van der Waals surface area contributed by atoms with E-state index in [0.717, 1.165) is 12.8 Å². The van der Waals surface area contributed by atoms with Crippen LogP contribution in [0.2, 0.25) is 0 Å². The van der Waals surface area contributed by atoms with Gasteiger partial charge in [-0.3, -0.25) is 4.79 Å². The zero-order chi connectivity index (χ0) is 18.0. The average Bonchev–Trinajstić information content (AvgIpc) is 2.57. The first-order valence-electron chi connectivity index (χ1n) is 10.3. The van der Waals surface area contributed by atoms with Crippen LogP contribution >= 0.6 is 0 Å². The number of aliphatic carboxylic acids is 1. The molecule has 0 radical (unpaired) electrons. The summed E-state index contributed by atoms with van der Waals surface area (Å²) < 4.78 is 0. The molecular formula is C20H42NNaO3. The van der Waals surface area contributed by atoms with E-state index in [1.54, 1.807) is 0 Å². The molecule has 5 heteroatoms. The summed E-state index contributed by atoms with van der Waals surface area (Å²) >= 11 is 0. The summed E-state index contributed by atoms with van der Waals surface area (Å²) in [5, 5.41) is 18.3. The van der Waals surface area contributed by atoms with Gasteiger partial charge in [0.05, 0.1) is 6.10 Å². The van der Waals surface area contributed by atoms with Crippen molar-refractivity contribution in [1.82, 2.24) is 0 Å². The fourth-order valence-corrected chi connectivity index (χ4v) is 3.07. The SMILES string of the molecule is CCCCCCCCCCCCCCCCC[C@@H](O)[C@H](N)C(=O)O.[NaH]. The Labute approximate surface area is 177 Å². The molecule has 0 rings (SSSR count). The van der Waals surface area contributed by atoms with Crippen molar-refractivity contribution in [3.8, 4) is 0 Å². The van der Waals surface area contributed by atoms with Gasteiger partial charge in [-0.15, -0.1) is 0 Å². The summed E-state index contributed by atoms with van der Waals surface area (Å²) in [7, 11) is 0. The Morgan fingerprint density at radius 1 is 0.760 bits per heavy atom. The van der Waals surface area contributed by atoms with Crippen LogP contribution in [0.25, 0.3) is 0 Å². The molecular weight excluding hydrogens is 325 g/mol. The van der Waals surface area contributed by atoms with Crippen LogP contribution in [0.5, 0.6) is 0 Å². The second-order valence-electron chi connectivity index (χ2n) is 7.17. The van der Waals surface area contributed by atoms with E-state index in [0.29, 0.717) is 6.42 Å². The van der Waals surface area contributed by atoms with E-state index in [2.05, 4.69) is 6.92 Å². The summed E-state index contributed by atoms with van der Waals surface area (Å²) in [4.78, 5) is 10.6. The molecule has 0 saturated carbocycles. The van der Waals surface area contributed by atoms with Gasteiger partial charge in [-0.25, -0.2) is 0 Å². The minimum absolute atomic E-state index is 0. The molecule has 2 atom stereocenters. The van der Waals surface area contributed by atoms with Gasteiger partial charge >= 0.3 is 35.5 Å². The number of hydrogen-bond donors (Lipinski definition) is 3. The number of aliphatic hydroxyl groups excluding tert-OH is 1. The van der Waals surface area contributed by atoms with E-state index < -0.39 is 18.1 Å². The molecule has 0 aliphatic rings. The van der Waals surface area contributed by atoms with Crippen LogP contribution in [0.1, 0.15) is 110 Å². The number of nitrogens with two attached hydrogens (primary N) is 1. The Bertz CT molecular complexity index is 290. The normalized spacial score (nSPS) is 13.2. The quantitative estimate of drug-likeness (QED) is 0.248. The Kier molecular flexibility index (Phi) is 22.9. The molecule has 0 unspecified atom stereocenters. The number of carbonyl (C=O) groups is 1.